The van der Waals surface area contributed by atoms with Crippen LogP contribution in [-0.2, 0) is 9.47 Å². The molecule has 0 aromatic carbocycles. The fraction of sp³-hybridized carbons (Fsp3) is 1.00. The molecule has 1 saturated heterocycles. The zero-order valence-corrected chi connectivity index (χ0v) is 14.6. The Bertz CT molecular complexity index is 565. The lowest BCUT2D eigenvalue weighted by Crippen LogP contribution is -2.61. The normalized spacial score (nSPS) is 24.9. The molecule has 0 radical (unpaired) electrons. The van der Waals surface area contributed by atoms with E-state index in [9.17, 15) is 65.9 Å². The Labute approximate surface area is 163 Å². The highest BCUT2D eigenvalue weighted by Crippen LogP contribution is 2.38. The van der Waals surface area contributed by atoms with Gasteiger partial charge >= 0.3 is 30.4 Å². The molecular weight excluding hydrogens is 487 g/mol. The molecule has 0 aromatic heterocycles. The minimum atomic E-state index is -6.11. The number of hydrogen-bond donors (Lipinski definition) is 0. The molecule has 18 heteroatoms. The molecule has 0 amide bonds. The molecule has 4 unspecified atom stereocenters. The quantitative estimate of drug-likeness (QED) is 0.376. The first kappa shape index (κ1) is 27.9. The third kappa shape index (κ3) is 7.44. The largest absolute Gasteiger partial charge is 0.425 e. The van der Waals surface area contributed by atoms with Gasteiger partial charge in [-0.25, -0.2) is 17.6 Å². The number of hydrogen-bond acceptors (Lipinski definition) is 3. The Hall–Kier alpha value is -1.17. The van der Waals surface area contributed by atoms with Crippen LogP contribution in [0.4, 0.5) is 65.9 Å². The molecule has 4 atom stereocenters. The van der Waals surface area contributed by atoms with Gasteiger partial charge < -0.3 is 9.47 Å². The van der Waals surface area contributed by atoms with Crippen LogP contribution in [0.5, 0.6) is 0 Å². The molecule has 1 aliphatic rings. The number of halogens is 15. The van der Waals surface area contributed by atoms with Crippen molar-refractivity contribution in [2.75, 3.05) is 26.3 Å². The molecule has 0 N–H and O–H groups in total. The summed E-state index contributed by atoms with van der Waals surface area (Å²) in [6.07, 6.45) is -32.6. The molecule has 1 fully saturated rings. The maximum Gasteiger partial charge on any atom is 0.425 e. The van der Waals surface area contributed by atoms with Crippen molar-refractivity contribution in [1.82, 2.24) is 4.90 Å². The van der Waals surface area contributed by atoms with Crippen molar-refractivity contribution in [2.45, 2.75) is 55.0 Å². The second kappa shape index (κ2) is 8.99. The van der Waals surface area contributed by atoms with Crippen LogP contribution >= 0.6 is 0 Å². The van der Waals surface area contributed by atoms with E-state index in [0.717, 1.165) is 0 Å². The van der Waals surface area contributed by atoms with Gasteiger partial charge in [-0.1, -0.05) is 0 Å². The summed E-state index contributed by atoms with van der Waals surface area (Å²) in [5.74, 6) is -10.5. The molecule has 0 bridgehead atoms. The first-order valence-corrected chi connectivity index (χ1v) is 7.80. The first-order chi connectivity index (χ1) is 13.6. The molecule has 0 spiro atoms. The number of nitrogens with zero attached hydrogens (tertiary/aromatic N) is 1. The van der Waals surface area contributed by atoms with E-state index in [0.29, 0.717) is 0 Å². The second-order valence-corrected chi connectivity index (χ2v) is 6.41. The summed E-state index contributed by atoms with van der Waals surface area (Å²) in [5, 5.41) is 0. The van der Waals surface area contributed by atoms with Crippen LogP contribution in [0.2, 0.25) is 0 Å². The van der Waals surface area contributed by atoms with E-state index in [1.54, 1.807) is 0 Å². The van der Waals surface area contributed by atoms with Crippen LogP contribution in [-0.4, -0.2) is 86.3 Å². The van der Waals surface area contributed by atoms with Crippen LogP contribution in [0.15, 0.2) is 0 Å². The van der Waals surface area contributed by atoms with E-state index in [4.69, 9.17) is 0 Å². The van der Waals surface area contributed by atoms with Gasteiger partial charge in [0.25, 0.3) is 6.17 Å². The summed E-state index contributed by atoms with van der Waals surface area (Å²) < 4.78 is 199. The average Bonchev–Trinajstić information content (AvgIpc) is 2.57. The minimum Gasteiger partial charge on any atom is -0.369 e. The van der Waals surface area contributed by atoms with Gasteiger partial charge in [-0.3, -0.25) is 4.90 Å². The zero-order valence-electron chi connectivity index (χ0n) is 14.6. The van der Waals surface area contributed by atoms with Crippen LogP contribution in [0, 0.1) is 0 Å². The van der Waals surface area contributed by atoms with Gasteiger partial charge in [-0.2, -0.15) is 48.3 Å². The number of morpholine rings is 1. The Balaban J connectivity index is 2.87. The fourth-order valence-corrected chi connectivity index (χ4v) is 2.30. The van der Waals surface area contributed by atoms with Crippen molar-refractivity contribution in [3.63, 3.8) is 0 Å². The van der Waals surface area contributed by atoms with Crippen molar-refractivity contribution < 1.29 is 75.3 Å². The second-order valence-electron chi connectivity index (χ2n) is 6.41. The summed E-state index contributed by atoms with van der Waals surface area (Å²) in [4.78, 5) is -0.630. The summed E-state index contributed by atoms with van der Waals surface area (Å²) in [7, 11) is 0. The summed E-state index contributed by atoms with van der Waals surface area (Å²) in [5.41, 5.74) is 0. The average molecular weight is 499 g/mol. The third-order valence-electron chi connectivity index (χ3n) is 3.78. The van der Waals surface area contributed by atoms with Gasteiger partial charge in [-0.15, -0.1) is 0 Å². The number of alkyl halides is 15. The van der Waals surface area contributed by atoms with E-state index in [2.05, 4.69) is 9.47 Å². The van der Waals surface area contributed by atoms with Crippen molar-refractivity contribution in [3.05, 3.63) is 0 Å². The van der Waals surface area contributed by atoms with E-state index >= 15 is 0 Å². The molecule has 186 valence electrons. The highest BCUT2D eigenvalue weighted by atomic mass is 19.4. The van der Waals surface area contributed by atoms with E-state index in [-0.39, 0.29) is 0 Å². The summed E-state index contributed by atoms with van der Waals surface area (Å²) in [6.45, 7) is -8.82. The molecule has 1 rings (SSSR count). The van der Waals surface area contributed by atoms with Gasteiger partial charge in [-0.05, 0) is 0 Å². The van der Waals surface area contributed by atoms with Gasteiger partial charge in [0.2, 0.25) is 6.30 Å². The Morgan fingerprint density at radius 3 is 1.45 bits per heavy atom. The van der Waals surface area contributed by atoms with Crippen molar-refractivity contribution in [1.29, 1.82) is 0 Å². The monoisotopic (exact) mass is 499 g/mol. The SMILES string of the molecule is FC(N1CC(C(F)(F)F)OC(C(F)(F)F)C1)C(F)(F)COCC(F)(F)C(F)C(F)(F)F. The predicted octanol–water partition coefficient (Wildman–Crippen LogP) is 4.66. The van der Waals surface area contributed by atoms with Gasteiger partial charge in [0.05, 0.1) is 0 Å². The predicted molar refractivity (Wildman–Crippen MR) is 68.9 cm³/mol. The van der Waals surface area contributed by atoms with E-state index < -0.39 is 86.3 Å². The lowest BCUT2D eigenvalue weighted by Gasteiger charge is -2.41. The maximum absolute atomic E-state index is 14.0. The molecule has 0 aliphatic carbocycles. The van der Waals surface area contributed by atoms with E-state index in [1.807, 2.05) is 0 Å². The van der Waals surface area contributed by atoms with Crippen molar-refractivity contribution in [2.24, 2.45) is 0 Å². The van der Waals surface area contributed by atoms with Crippen molar-refractivity contribution >= 4 is 0 Å². The number of ether oxygens (including phenoxy) is 2. The van der Waals surface area contributed by atoms with Crippen LogP contribution in [0.1, 0.15) is 0 Å². The summed E-state index contributed by atoms with van der Waals surface area (Å²) in [6, 6.07) is 0. The Morgan fingerprint density at radius 1 is 0.710 bits per heavy atom. The van der Waals surface area contributed by atoms with Crippen LogP contribution in [0.3, 0.4) is 0 Å². The Morgan fingerprint density at radius 2 is 1.10 bits per heavy atom. The Kier molecular flexibility index (Phi) is 8.08. The summed E-state index contributed by atoms with van der Waals surface area (Å²) >= 11 is 0. The molecule has 1 heterocycles. The molecule has 31 heavy (non-hydrogen) atoms. The highest BCUT2D eigenvalue weighted by molar-refractivity contribution is 4.90. The van der Waals surface area contributed by atoms with Gasteiger partial charge in [0.1, 0.15) is 13.2 Å². The maximum atomic E-state index is 14.0. The zero-order chi connectivity index (χ0) is 24.6. The molecular formula is C13H12F15NO2. The minimum absolute atomic E-state index is 0.630. The lowest BCUT2D eigenvalue weighted by atomic mass is 10.1. The third-order valence-corrected chi connectivity index (χ3v) is 3.78. The topological polar surface area (TPSA) is 21.7 Å². The van der Waals surface area contributed by atoms with Crippen molar-refractivity contribution in [3.8, 4) is 0 Å². The van der Waals surface area contributed by atoms with Crippen LogP contribution in [0.25, 0.3) is 0 Å². The van der Waals surface area contributed by atoms with Gasteiger partial charge in [0.15, 0.2) is 12.2 Å². The highest BCUT2D eigenvalue weighted by Gasteiger charge is 2.59. The standard InChI is InChI=1S/C13H12F15NO2/c14-7(13(26,27)28)9(16,17)3-30-4-10(18,19)8(15)29-1-5(11(20,21)22)31-6(2-29)12(23,24)25/h5-8H,1-4H2. The molecule has 1 aliphatic heterocycles. The molecule has 0 aromatic rings. The first-order valence-electron chi connectivity index (χ1n) is 7.80. The molecule has 0 saturated carbocycles. The van der Waals surface area contributed by atoms with E-state index in [1.165, 1.54) is 0 Å². The molecule has 3 nitrogen and oxygen atoms in total. The number of rotatable bonds is 7. The van der Waals surface area contributed by atoms with Gasteiger partial charge in [0, 0.05) is 13.1 Å². The fourth-order valence-electron chi connectivity index (χ4n) is 2.30. The smallest absolute Gasteiger partial charge is 0.369 e. The lowest BCUT2D eigenvalue weighted by molar-refractivity contribution is -0.320. The van der Waals surface area contributed by atoms with Crippen LogP contribution < -0.4 is 0 Å².